The molecule has 3 heteroatoms. The van der Waals surface area contributed by atoms with Gasteiger partial charge in [0, 0.05) is 11.4 Å². The average molecular weight is 269 g/mol. The number of aryl methyl sites for hydroxylation is 1. The van der Waals surface area contributed by atoms with Crippen LogP contribution >= 0.6 is 0 Å². The van der Waals surface area contributed by atoms with E-state index in [1.54, 1.807) is 6.33 Å². The van der Waals surface area contributed by atoms with Gasteiger partial charge in [0.2, 0.25) is 0 Å². The van der Waals surface area contributed by atoms with Gasteiger partial charge in [-0.1, -0.05) is 32.8 Å². The topological polar surface area (TPSA) is 37.8 Å². The fourth-order valence-corrected chi connectivity index (χ4v) is 3.15. The summed E-state index contributed by atoms with van der Waals surface area (Å²) in [6.07, 6.45) is 7.98. The van der Waals surface area contributed by atoms with Crippen LogP contribution in [0.5, 0.6) is 0 Å². The molecule has 2 atom stereocenters. The van der Waals surface area contributed by atoms with Crippen LogP contribution in [0.4, 0.5) is 5.82 Å². The largest absolute Gasteiger partial charge is 0.366 e. The minimum atomic E-state index is 0.548. The summed E-state index contributed by atoms with van der Waals surface area (Å²) in [6, 6.07) is 7.03. The van der Waals surface area contributed by atoms with Gasteiger partial charge in [0.05, 0.1) is 5.52 Å². The molecule has 0 saturated heterocycles. The molecular weight excluding hydrogens is 246 g/mol. The van der Waals surface area contributed by atoms with Gasteiger partial charge in [0.15, 0.2) is 0 Å². The van der Waals surface area contributed by atoms with Crippen molar-refractivity contribution in [3.8, 4) is 0 Å². The van der Waals surface area contributed by atoms with Crippen molar-refractivity contribution in [1.29, 1.82) is 0 Å². The van der Waals surface area contributed by atoms with Gasteiger partial charge in [-0.15, -0.1) is 0 Å². The van der Waals surface area contributed by atoms with Crippen molar-refractivity contribution >= 4 is 16.7 Å². The quantitative estimate of drug-likeness (QED) is 0.908. The maximum absolute atomic E-state index is 4.49. The number of fused-ring (bicyclic) bond motifs is 1. The Morgan fingerprint density at radius 1 is 1.20 bits per heavy atom. The predicted octanol–water partition coefficient (Wildman–Crippen LogP) is 4.18. The zero-order valence-corrected chi connectivity index (χ0v) is 12.4. The number of aromatic nitrogens is 2. The molecule has 0 amide bonds. The summed E-state index contributed by atoms with van der Waals surface area (Å²) in [4.78, 5) is 8.87. The highest BCUT2D eigenvalue weighted by Crippen LogP contribution is 2.28. The van der Waals surface area contributed by atoms with Crippen LogP contribution in [0.25, 0.3) is 10.9 Å². The van der Waals surface area contributed by atoms with Gasteiger partial charge in [0.25, 0.3) is 0 Å². The predicted molar refractivity (Wildman–Crippen MR) is 84.0 cm³/mol. The zero-order valence-electron chi connectivity index (χ0n) is 12.4. The third-order valence-corrected chi connectivity index (χ3v) is 4.54. The molecule has 1 aromatic heterocycles. The number of hydrogen-bond acceptors (Lipinski definition) is 3. The Hall–Kier alpha value is -1.64. The Bertz CT molecular complexity index is 594. The lowest BCUT2D eigenvalue weighted by Crippen LogP contribution is -2.30. The Kier molecular flexibility index (Phi) is 3.86. The second-order valence-electron chi connectivity index (χ2n) is 5.94. The summed E-state index contributed by atoms with van der Waals surface area (Å²) in [5.41, 5.74) is 2.37. The zero-order chi connectivity index (χ0) is 13.9. The molecule has 2 aromatic rings. The van der Waals surface area contributed by atoms with Crippen molar-refractivity contribution in [2.24, 2.45) is 5.92 Å². The van der Waals surface area contributed by atoms with Crippen LogP contribution in [0.2, 0.25) is 0 Å². The van der Waals surface area contributed by atoms with Gasteiger partial charge in [-0.3, -0.25) is 0 Å². The maximum atomic E-state index is 4.49. The van der Waals surface area contributed by atoms with Crippen LogP contribution in [-0.2, 0) is 6.42 Å². The smallest absolute Gasteiger partial charge is 0.137 e. The highest BCUT2D eigenvalue weighted by atomic mass is 15.0. The van der Waals surface area contributed by atoms with E-state index in [2.05, 4.69) is 47.3 Å². The van der Waals surface area contributed by atoms with Gasteiger partial charge in [-0.2, -0.15) is 0 Å². The Morgan fingerprint density at radius 3 is 2.85 bits per heavy atom. The minimum Gasteiger partial charge on any atom is -0.366 e. The van der Waals surface area contributed by atoms with Crippen LogP contribution in [0, 0.1) is 5.92 Å². The van der Waals surface area contributed by atoms with E-state index in [9.17, 15) is 0 Å². The Balaban J connectivity index is 1.93. The van der Waals surface area contributed by atoms with Gasteiger partial charge >= 0.3 is 0 Å². The Labute approximate surface area is 120 Å². The summed E-state index contributed by atoms with van der Waals surface area (Å²) in [7, 11) is 0. The second-order valence-corrected chi connectivity index (χ2v) is 5.94. The van der Waals surface area contributed by atoms with Gasteiger partial charge in [-0.05, 0) is 42.9 Å². The fraction of sp³-hybridized carbons (Fsp3) is 0.529. The van der Waals surface area contributed by atoms with E-state index in [0.29, 0.717) is 6.04 Å². The molecule has 1 aromatic carbocycles. The SMILES string of the molecule is CCc1ccc2ncnc(NC3CCCCC3C)c2c1. The lowest BCUT2D eigenvalue weighted by molar-refractivity contribution is 0.349. The molecule has 3 nitrogen and oxygen atoms in total. The molecule has 106 valence electrons. The van der Waals surface area contributed by atoms with Crippen molar-refractivity contribution in [1.82, 2.24) is 9.97 Å². The van der Waals surface area contributed by atoms with E-state index >= 15 is 0 Å². The van der Waals surface area contributed by atoms with E-state index in [-0.39, 0.29) is 0 Å². The number of hydrogen-bond donors (Lipinski definition) is 1. The molecule has 1 heterocycles. The summed E-state index contributed by atoms with van der Waals surface area (Å²) in [5.74, 6) is 1.73. The number of nitrogens with one attached hydrogen (secondary N) is 1. The number of nitrogens with zero attached hydrogens (tertiary/aromatic N) is 2. The molecule has 0 aliphatic heterocycles. The first-order valence-corrected chi connectivity index (χ1v) is 7.78. The molecule has 1 N–H and O–H groups in total. The maximum Gasteiger partial charge on any atom is 0.137 e. The highest BCUT2D eigenvalue weighted by Gasteiger charge is 2.22. The van der Waals surface area contributed by atoms with E-state index in [4.69, 9.17) is 0 Å². The molecule has 2 unspecified atom stereocenters. The van der Waals surface area contributed by atoms with Gasteiger partial charge in [-0.25, -0.2) is 9.97 Å². The normalized spacial score (nSPS) is 22.9. The average Bonchev–Trinajstić information content (AvgIpc) is 2.49. The van der Waals surface area contributed by atoms with Gasteiger partial charge in [0.1, 0.15) is 12.1 Å². The molecule has 3 rings (SSSR count). The molecule has 1 saturated carbocycles. The van der Waals surface area contributed by atoms with Crippen LogP contribution in [0.1, 0.15) is 45.1 Å². The second kappa shape index (κ2) is 5.78. The third kappa shape index (κ3) is 2.62. The number of rotatable bonds is 3. The van der Waals surface area contributed by atoms with Crippen molar-refractivity contribution in [3.05, 3.63) is 30.1 Å². The van der Waals surface area contributed by atoms with Crippen LogP contribution < -0.4 is 5.32 Å². The van der Waals surface area contributed by atoms with Crippen molar-refractivity contribution in [2.45, 2.75) is 52.0 Å². The van der Waals surface area contributed by atoms with E-state index in [0.717, 1.165) is 29.1 Å². The van der Waals surface area contributed by atoms with Crippen LogP contribution in [-0.4, -0.2) is 16.0 Å². The van der Waals surface area contributed by atoms with Crippen molar-refractivity contribution in [3.63, 3.8) is 0 Å². The molecule has 0 bridgehead atoms. The number of benzene rings is 1. The summed E-state index contributed by atoms with van der Waals surface area (Å²) >= 11 is 0. The summed E-state index contributed by atoms with van der Waals surface area (Å²) in [6.45, 7) is 4.53. The highest BCUT2D eigenvalue weighted by molar-refractivity contribution is 5.89. The fourth-order valence-electron chi connectivity index (χ4n) is 3.15. The first-order chi connectivity index (χ1) is 9.78. The van der Waals surface area contributed by atoms with Crippen LogP contribution in [0.3, 0.4) is 0 Å². The standard InChI is InChI=1S/C17H23N3/c1-3-13-8-9-16-14(10-13)17(19-11-18-16)20-15-7-5-4-6-12(15)2/h8-12,15H,3-7H2,1-2H3,(H,18,19,20). The van der Waals surface area contributed by atoms with E-state index < -0.39 is 0 Å². The molecule has 20 heavy (non-hydrogen) atoms. The van der Waals surface area contributed by atoms with Gasteiger partial charge < -0.3 is 5.32 Å². The lowest BCUT2D eigenvalue weighted by atomic mass is 9.86. The number of anilines is 1. The molecule has 0 spiro atoms. The first-order valence-electron chi connectivity index (χ1n) is 7.78. The minimum absolute atomic E-state index is 0.548. The molecule has 1 aliphatic carbocycles. The lowest BCUT2D eigenvalue weighted by Gasteiger charge is -2.30. The molecular formula is C17H23N3. The van der Waals surface area contributed by atoms with Crippen LogP contribution in [0.15, 0.2) is 24.5 Å². The summed E-state index contributed by atoms with van der Waals surface area (Å²) < 4.78 is 0. The monoisotopic (exact) mass is 269 g/mol. The van der Waals surface area contributed by atoms with E-state index in [1.165, 1.54) is 31.2 Å². The molecule has 0 radical (unpaired) electrons. The summed E-state index contributed by atoms with van der Waals surface area (Å²) in [5, 5.41) is 4.83. The first kappa shape index (κ1) is 13.3. The van der Waals surface area contributed by atoms with Crippen molar-refractivity contribution in [2.75, 3.05) is 5.32 Å². The molecule has 1 aliphatic rings. The molecule has 1 fully saturated rings. The Morgan fingerprint density at radius 2 is 2.05 bits per heavy atom. The third-order valence-electron chi connectivity index (χ3n) is 4.54. The van der Waals surface area contributed by atoms with E-state index in [1.807, 2.05) is 0 Å². The van der Waals surface area contributed by atoms with Crippen molar-refractivity contribution < 1.29 is 0 Å².